The molecule has 1 aromatic rings. The van der Waals surface area contributed by atoms with E-state index < -0.39 is 0 Å². The van der Waals surface area contributed by atoms with Gasteiger partial charge in [-0.3, -0.25) is 4.79 Å². The first-order valence-electron chi connectivity index (χ1n) is 6.03. The minimum Gasteiger partial charge on any atom is -0.355 e. The van der Waals surface area contributed by atoms with Crippen LogP contribution in [0.3, 0.4) is 0 Å². The number of carbonyl (C=O) groups excluding carboxylic acids is 1. The first kappa shape index (κ1) is 12.0. The molecule has 1 saturated heterocycles. The summed E-state index contributed by atoms with van der Waals surface area (Å²) in [5.41, 5.74) is 0. The van der Waals surface area contributed by atoms with Crippen LogP contribution < -0.4 is 10.6 Å². The molecule has 0 saturated carbocycles. The van der Waals surface area contributed by atoms with Gasteiger partial charge in [0.1, 0.15) is 0 Å². The zero-order chi connectivity index (χ0) is 12.1. The molecule has 0 spiro atoms. The second-order valence-electron chi connectivity index (χ2n) is 4.31. The third-order valence-electron chi connectivity index (χ3n) is 2.89. The highest BCUT2D eigenvalue weighted by Gasteiger charge is 2.20. The van der Waals surface area contributed by atoms with Crippen molar-refractivity contribution in [3.8, 4) is 0 Å². The number of nitrogens with zero attached hydrogens (tertiary/aromatic N) is 2. The monoisotopic (exact) mass is 238 g/mol. The molecule has 2 heterocycles. The van der Waals surface area contributed by atoms with Crippen molar-refractivity contribution in [3.05, 3.63) is 11.7 Å². The summed E-state index contributed by atoms with van der Waals surface area (Å²) in [5.74, 6) is 1.43. The lowest BCUT2D eigenvalue weighted by molar-refractivity contribution is -0.125. The third kappa shape index (κ3) is 3.52. The first-order chi connectivity index (χ1) is 8.25. The zero-order valence-electron chi connectivity index (χ0n) is 10.0. The molecule has 6 nitrogen and oxygen atoms in total. The Morgan fingerprint density at radius 3 is 3.18 bits per heavy atom. The summed E-state index contributed by atoms with van der Waals surface area (Å²) < 4.78 is 4.85. The van der Waals surface area contributed by atoms with Crippen molar-refractivity contribution in [2.75, 3.05) is 19.6 Å². The second-order valence-corrected chi connectivity index (χ2v) is 4.31. The van der Waals surface area contributed by atoms with Crippen LogP contribution in [-0.2, 0) is 11.2 Å². The average Bonchev–Trinajstić information content (AvgIpc) is 2.76. The van der Waals surface area contributed by atoms with Gasteiger partial charge in [0.2, 0.25) is 11.8 Å². The van der Waals surface area contributed by atoms with E-state index in [4.69, 9.17) is 4.52 Å². The molecule has 0 aliphatic carbocycles. The van der Waals surface area contributed by atoms with Crippen LogP contribution in [0.15, 0.2) is 4.52 Å². The molecule has 94 valence electrons. The first-order valence-corrected chi connectivity index (χ1v) is 6.03. The molecule has 0 radical (unpaired) electrons. The summed E-state index contributed by atoms with van der Waals surface area (Å²) in [6, 6.07) is 0. The van der Waals surface area contributed by atoms with E-state index in [1.54, 1.807) is 6.92 Å². The second kappa shape index (κ2) is 5.77. The van der Waals surface area contributed by atoms with Gasteiger partial charge in [0, 0.05) is 26.4 Å². The van der Waals surface area contributed by atoms with E-state index in [0.29, 0.717) is 24.7 Å². The number of rotatable bonds is 4. The molecule has 2 N–H and O–H groups in total. The Morgan fingerprint density at radius 1 is 1.65 bits per heavy atom. The number of amides is 1. The molecule has 0 bridgehead atoms. The Hall–Kier alpha value is -1.43. The highest BCUT2D eigenvalue weighted by atomic mass is 16.5. The maximum absolute atomic E-state index is 11.8. The van der Waals surface area contributed by atoms with E-state index >= 15 is 0 Å². The van der Waals surface area contributed by atoms with Crippen molar-refractivity contribution in [3.63, 3.8) is 0 Å². The fraction of sp³-hybridized carbons (Fsp3) is 0.727. The Labute approximate surface area is 100 Å². The molecule has 6 heteroatoms. The molecule has 0 aromatic carbocycles. The summed E-state index contributed by atoms with van der Waals surface area (Å²) in [5, 5.41) is 9.91. The van der Waals surface area contributed by atoms with Gasteiger partial charge in [0.05, 0.1) is 5.92 Å². The summed E-state index contributed by atoms with van der Waals surface area (Å²) in [4.78, 5) is 15.9. The largest absolute Gasteiger partial charge is 0.355 e. The Bertz CT molecular complexity index is 371. The van der Waals surface area contributed by atoms with Gasteiger partial charge in [-0.05, 0) is 19.4 Å². The van der Waals surface area contributed by atoms with E-state index in [2.05, 4.69) is 20.8 Å². The van der Waals surface area contributed by atoms with E-state index in [1.807, 2.05) is 0 Å². The maximum Gasteiger partial charge on any atom is 0.224 e. The summed E-state index contributed by atoms with van der Waals surface area (Å²) in [6.07, 6.45) is 2.66. The highest BCUT2D eigenvalue weighted by Crippen LogP contribution is 2.09. The van der Waals surface area contributed by atoms with Gasteiger partial charge in [0.15, 0.2) is 5.82 Å². The van der Waals surface area contributed by atoms with E-state index in [-0.39, 0.29) is 11.8 Å². The van der Waals surface area contributed by atoms with Gasteiger partial charge in [-0.15, -0.1) is 0 Å². The number of aromatic nitrogens is 2. The van der Waals surface area contributed by atoms with Crippen molar-refractivity contribution in [2.45, 2.75) is 26.2 Å². The van der Waals surface area contributed by atoms with Crippen LogP contribution in [0.5, 0.6) is 0 Å². The highest BCUT2D eigenvalue weighted by molar-refractivity contribution is 5.78. The normalized spacial score (nSPS) is 20.2. The molecule has 1 fully saturated rings. The van der Waals surface area contributed by atoms with Crippen LogP contribution >= 0.6 is 0 Å². The van der Waals surface area contributed by atoms with Crippen LogP contribution in [0.1, 0.15) is 24.6 Å². The predicted molar refractivity (Wildman–Crippen MR) is 61.3 cm³/mol. The number of piperidine rings is 1. The average molecular weight is 238 g/mol. The zero-order valence-corrected chi connectivity index (χ0v) is 10.0. The van der Waals surface area contributed by atoms with E-state index in [1.165, 1.54) is 0 Å². The molecule has 0 unspecified atom stereocenters. The Kier molecular flexibility index (Phi) is 4.08. The van der Waals surface area contributed by atoms with Gasteiger partial charge in [-0.1, -0.05) is 5.16 Å². The molecule has 2 rings (SSSR count). The van der Waals surface area contributed by atoms with Crippen LogP contribution in [0.4, 0.5) is 0 Å². The molecule has 1 aromatic heterocycles. The minimum atomic E-state index is 0.107. The number of nitrogens with one attached hydrogen (secondary N) is 2. The van der Waals surface area contributed by atoms with E-state index in [9.17, 15) is 4.79 Å². The maximum atomic E-state index is 11.8. The van der Waals surface area contributed by atoms with Gasteiger partial charge in [-0.2, -0.15) is 4.98 Å². The van der Waals surface area contributed by atoms with Gasteiger partial charge in [0.25, 0.3) is 0 Å². The number of hydrogen-bond donors (Lipinski definition) is 2. The lowest BCUT2D eigenvalue weighted by Crippen LogP contribution is -2.41. The Balaban J connectivity index is 1.69. The van der Waals surface area contributed by atoms with Crippen molar-refractivity contribution < 1.29 is 9.32 Å². The van der Waals surface area contributed by atoms with Crippen molar-refractivity contribution >= 4 is 5.91 Å². The van der Waals surface area contributed by atoms with Crippen LogP contribution in [0.2, 0.25) is 0 Å². The minimum absolute atomic E-state index is 0.107. The molecule has 1 atom stereocenters. The SMILES string of the molecule is Cc1nc(CCNC(=O)[C@@H]2CCCNC2)no1. The van der Waals surface area contributed by atoms with Crippen LogP contribution in [0.25, 0.3) is 0 Å². The van der Waals surface area contributed by atoms with E-state index in [0.717, 1.165) is 25.9 Å². The van der Waals surface area contributed by atoms with Crippen molar-refractivity contribution in [1.29, 1.82) is 0 Å². The lowest BCUT2D eigenvalue weighted by Gasteiger charge is -2.21. The molecule has 1 aliphatic heterocycles. The van der Waals surface area contributed by atoms with Crippen LogP contribution in [0, 0.1) is 12.8 Å². The fourth-order valence-corrected chi connectivity index (χ4v) is 1.96. The van der Waals surface area contributed by atoms with Gasteiger partial charge in [-0.25, -0.2) is 0 Å². The van der Waals surface area contributed by atoms with Gasteiger partial charge >= 0.3 is 0 Å². The molecule has 17 heavy (non-hydrogen) atoms. The quantitative estimate of drug-likeness (QED) is 0.774. The fourth-order valence-electron chi connectivity index (χ4n) is 1.96. The van der Waals surface area contributed by atoms with Crippen molar-refractivity contribution in [1.82, 2.24) is 20.8 Å². The van der Waals surface area contributed by atoms with Gasteiger partial charge < -0.3 is 15.2 Å². The van der Waals surface area contributed by atoms with Crippen molar-refractivity contribution in [2.24, 2.45) is 5.92 Å². The Morgan fingerprint density at radius 2 is 2.53 bits per heavy atom. The summed E-state index contributed by atoms with van der Waals surface area (Å²) >= 11 is 0. The molecular weight excluding hydrogens is 220 g/mol. The topological polar surface area (TPSA) is 80.0 Å². The summed E-state index contributed by atoms with van der Waals surface area (Å²) in [7, 11) is 0. The third-order valence-corrected chi connectivity index (χ3v) is 2.89. The number of hydrogen-bond acceptors (Lipinski definition) is 5. The lowest BCUT2D eigenvalue weighted by atomic mass is 9.99. The molecule has 1 aliphatic rings. The van der Waals surface area contributed by atoms with Crippen LogP contribution in [-0.4, -0.2) is 35.7 Å². The predicted octanol–water partition coefficient (Wildman–Crippen LogP) is 0.0363. The number of aryl methyl sites for hydroxylation is 1. The number of carbonyl (C=O) groups is 1. The summed E-state index contributed by atoms with van der Waals surface area (Å²) in [6.45, 7) is 4.12. The molecule has 1 amide bonds. The standard InChI is InChI=1S/C11H18N4O2/c1-8-14-10(15-17-8)4-6-13-11(16)9-3-2-5-12-7-9/h9,12H,2-7H2,1H3,(H,13,16)/t9-/m1/s1. The molecular formula is C11H18N4O2. The smallest absolute Gasteiger partial charge is 0.224 e.